The number of carbonyl (C=O) groups excluding carboxylic acids is 2. The van der Waals surface area contributed by atoms with Crippen LogP contribution in [0.15, 0.2) is 18.3 Å². The van der Waals surface area contributed by atoms with Gasteiger partial charge in [0.05, 0.1) is 0 Å². The lowest BCUT2D eigenvalue weighted by atomic mass is 10.2. The van der Waals surface area contributed by atoms with Gasteiger partial charge in [-0.05, 0) is 18.6 Å². The Kier molecular flexibility index (Phi) is 6.49. The van der Waals surface area contributed by atoms with Crippen molar-refractivity contribution in [2.24, 2.45) is 0 Å². The van der Waals surface area contributed by atoms with E-state index >= 15 is 0 Å². The Morgan fingerprint density at radius 2 is 2.05 bits per heavy atom. The molecule has 0 spiro atoms. The highest BCUT2D eigenvalue weighted by Crippen LogP contribution is 2.09. The van der Waals surface area contributed by atoms with E-state index in [1.807, 2.05) is 0 Å². The zero-order chi connectivity index (χ0) is 15.0. The number of pyridine rings is 1. The van der Waals surface area contributed by atoms with Gasteiger partial charge < -0.3 is 15.5 Å². The van der Waals surface area contributed by atoms with Crippen molar-refractivity contribution >= 4 is 17.6 Å². The van der Waals surface area contributed by atoms with Crippen LogP contribution in [0.25, 0.3) is 0 Å². The van der Waals surface area contributed by atoms with Gasteiger partial charge in [-0.2, -0.15) is 0 Å². The summed E-state index contributed by atoms with van der Waals surface area (Å²) in [6.45, 7) is 2.76. The molecule has 0 aliphatic rings. The van der Waals surface area contributed by atoms with E-state index in [0.29, 0.717) is 17.9 Å². The summed E-state index contributed by atoms with van der Waals surface area (Å²) < 4.78 is 0. The second-order valence-electron chi connectivity index (χ2n) is 4.72. The Balaban J connectivity index is 2.53. The fraction of sp³-hybridized carbons (Fsp3) is 0.500. The number of nitrogens with zero attached hydrogens (tertiary/aromatic N) is 2. The van der Waals surface area contributed by atoms with E-state index in [1.54, 1.807) is 26.2 Å². The Bertz CT molecular complexity index is 460. The zero-order valence-electron chi connectivity index (χ0n) is 12.3. The predicted octanol–water partition coefficient (Wildman–Crippen LogP) is 2.10. The van der Waals surface area contributed by atoms with Crippen LogP contribution in [-0.4, -0.2) is 42.5 Å². The fourth-order valence-electron chi connectivity index (χ4n) is 1.61. The van der Waals surface area contributed by atoms with Crippen LogP contribution in [0.4, 0.5) is 10.5 Å². The smallest absolute Gasteiger partial charge is 0.319 e. The number of carbonyl (C=O) groups is 2. The maximum atomic E-state index is 11.8. The minimum Gasteiger partial charge on any atom is -0.343 e. The molecule has 1 aromatic heterocycles. The van der Waals surface area contributed by atoms with Crippen LogP contribution < -0.4 is 10.6 Å². The summed E-state index contributed by atoms with van der Waals surface area (Å²) in [5.74, 6) is -0.197. The van der Waals surface area contributed by atoms with Crippen LogP contribution >= 0.6 is 0 Å². The van der Waals surface area contributed by atoms with Crippen molar-refractivity contribution < 1.29 is 9.59 Å². The van der Waals surface area contributed by atoms with Crippen molar-refractivity contribution in [1.82, 2.24) is 15.2 Å². The lowest BCUT2D eigenvalue weighted by Gasteiger charge is -2.11. The fourth-order valence-corrected chi connectivity index (χ4v) is 1.61. The number of anilines is 1. The normalized spacial score (nSPS) is 9.95. The summed E-state index contributed by atoms with van der Waals surface area (Å²) in [5, 5.41) is 5.46. The third-order valence-corrected chi connectivity index (χ3v) is 2.71. The van der Waals surface area contributed by atoms with Gasteiger partial charge in [-0.25, -0.2) is 4.79 Å². The summed E-state index contributed by atoms with van der Waals surface area (Å²) in [6.07, 6.45) is 4.68. The second kappa shape index (κ2) is 8.14. The van der Waals surface area contributed by atoms with Gasteiger partial charge >= 0.3 is 6.03 Å². The molecule has 1 aromatic rings. The van der Waals surface area contributed by atoms with E-state index in [-0.39, 0.29) is 11.9 Å². The molecule has 0 unspecified atom stereocenters. The quantitative estimate of drug-likeness (QED) is 0.782. The summed E-state index contributed by atoms with van der Waals surface area (Å²) >= 11 is 0. The van der Waals surface area contributed by atoms with Crippen molar-refractivity contribution in [2.75, 3.05) is 26.0 Å². The summed E-state index contributed by atoms with van der Waals surface area (Å²) in [4.78, 5) is 28.8. The third-order valence-electron chi connectivity index (χ3n) is 2.71. The second-order valence-corrected chi connectivity index (χ2v) is 4.72. The number of aromatic nitrogens is 1. The van der Waals surface area contributed by atoms with Gasteiger partial charge in [0.15, 0.2) is 0 Å². The first-order valence-electron chi connectivity index (χ1n) is 6.77. The number of urea groups is 1. The Hall–Kier alpha value is -2.11. The van der Waals surface area contributed by atoms with Crippen molar-refractivity contribution in [3.8, 4) is 0 Å². The molecule has 1 heterocycles. The lowest BCUT2D eigenvalue weighted by Crippen LogP contribution is -2.29. The number of nitrogens with one attached hydrogen (secondary N) is 2. The molecule has 6 nitrogen and oxygen atoms in total. The third kappa shape index (κ3) is 5.26. The first kappa shape index (κ1) is 15.9. The molecule has 0 atom stereocenters. The minimum atomic E-state index is -0.268. The van der Waals surface area contributed by atoms with E-state index in [2.05, 4.69) is 22.5 Å². The molecule has 110 valence electrons. The van der Waals surface area contributed by atoms with Crippen molar-refractivity contribution in [2.45, 2.75) is 26.2 Å². The molecule has 20 heavy (non-hydrogen) atoms. The molecule has 6 heteroatoms. The number of amides is 3. The molecule has 1 rings (SSSR count). The summed E-state index contributed by atoms with van der Waals surface area (Å²) in [7, 11) is 3.31. The van der Waals surface area contributed by atoms with Crippen LogP contribution in [0.1, 0.15) is 36.7 Å². The predicted molar refractivity (Wildman–Crippen MR) is 78.8 cm³/mol. The van der Waals surface area contributed by atoms with Crippen molar-refractivity contribution in [1.29, 1.82) is 0 Å². The zero-order valence-corrected chi connectivity index (χ0v) is 12.3. The van der Waals surface area contributed by atoms with E-state index in [0.717, 1.165) is 19.3 Å². The number of rotatable bonds is 6. The first-order valence-corrected chi connectivity index (χ1v) is 6.77. The van der Waals surface area contributed by atoms with E-state index in [4.69, 9.17) is 0 Å². The highest BCUT2D eigenvalue weighted by Gasteiger charge is 2.10. The topological polar surface area (TPSA) is 74.3 Å². The largest absolute Gasteiger partial charge is 0.343 e. The van der Waals surface area contributed by atoms with Gasteiger partial charge in [0.2, 0.25) is 0 Å². The monoisotopic (exact) mass is 278 g/mol. The molecule has 0 saturated carbocycles. The maximum Gasteiger partial charge on any atom is 0.319 e. The van der Waals surface area contributed by atoms with Crippen molar-refractivity contribution in [3.05, 3.63) is 24.0 Å². The van der Waals surface area contributed by atoms with E-state index in [9.17, 15) is 9.59 Å². The highest BCUT2D eigenvalue weighted by molar-refractivity contribution is 5.94. The van der Waals surface area contributed by atoms with Gasteiger partial charge in [0.25, 0.3) is 5.91 Å². The number of unbranched alkanes of at least 4 members (excludes halogenated alkanes) is 2. The SMILES string of the molecule is CCCCCNC(=O)Nc1ccnc(C(=O)N(C)C)c1. The Labute approximate surface area is 119 Å². The molecule has 3 amide bonds. The molecule has 0 radical (unpaired) electrons. The van der Waals surface area contributed by atoms with Gasteiger partial charge in [0.1, 0.15) is 5.69 Å². The van der Waals surface area contributed by atoms with Crippen LogP contribution in [0.2, 0.25) is 0 Å². The molecule has 0 aromatic carbocycles. The molecular formula is C14H22N4O2. The Morgan fingerprint density at radius 1 is 1.30 bits per heavy atom. The minimum absolute atomic E-state index is 0.197. The van der Waals surface area contributed by atoms with Crippen LogP contribution in [0.3, 0.4) is 0 Å². The molecule has 0 aliphatic heterocycles. The average Bonchev–Trinajstić information content (AvgIpc) is 2.43. The molecule has 0 saturated heterocycles. The van der Waals surface area contributed by atoms with Crippen LogP contribution in [0.5, 0.6) is 0 Å². The van der Waals surface area contributed by atoms with E-state index in [1.165, 1.54) is 11.1 Å². The van der Waals surface area contributed by atoms with Crippen LogP contribution in [0, 0.1) is 0 Å². The average molecular weight is 278 g/mol. The summed E-state index contributed by atoms with van der Waals surface area (Å²) in [5.41, 5.74) is 0.858. The molecular weight excluding hydrogens is 256 g/mol. The van der Waals surface area contributed by atoms with Gasteiger partial charge in [0, 0.05) is 32.5 Å². The van der Waals surface area contributed by atoms with Crippen LogP contribution in [-0.2, 0) is 0 Å². The molecule has 0 aliphatic carbocycles. The highest BCUT2D eigenvalue weighted by atomic mass is 16.2. The molecule has 0 fully saturated rings. The lowest BCUT2D eigenvalue weighted by molar-refractivity contribution is 0.0822. The Morgan fingerprint density at radius 3 is 2.70 bits per heavy atom. The molecule has 2 N–H and O–H groups in total. The van der Waals surface area contributed by atoms with Gasteiger partial charge in [-0.3, -0.25) is 9.78 Å². The van der Waals surface area contributed by atoms with Gasteiger partial charge in [-0.15, -0.1) is 0 Å². The number of hydrogen-bond donors (Lipinski definition) is 2. The van der Waals surface area contributed by atoms with E-state index < -0.39 is 0 Å². The standard InChI is InChI=1S/C14H22N4O2/c1-4-5-6-8-16-14(20)17-11-7-9-15-12(10-11)13(19)18(2)3/h7,9-10H,4-6,8H2,1-3H3,(H2,15,16,17,20). The number of hydrogen-bond acceptors (Lipinski definition) is 3. The first-order chi connectivity index (χ1) is 9.54. The molecule has 0 bridgehead atoms. The van der Waals surface area contributed by atoms with Crippen molar-refractivity contribution in [3.63, 3.8) is 0 Å². The summed E-state index contributed by atoms with van der Waals surface area (Å²) in [6, 6.07) is 2.95. The van der Waals surface area contributed by atoms with Gasteiger partial charge in [-0.1, -0.05) is 19.8 Å². The maximum absolute atomic E-state index is 11.8.